The Bertz CT molecular complexity index is 167. The van der Waals surface area contributed by atoms with Crippen molar-refractivity contribution in [3.63, 3.8) is 0 Å². The first-order valence-corrected chi connectivity index (χ1v) is 3.77. The molecular weight excluding hydrogens is 144 g/mol. The van der Waals surface area contributed by atoms with Gasteiger partial charge in [0.25, 0.3) is 0 Å². The second-order valence-electron chi connectivity index (χ2n) is 3.16. The lowest BCUT2D eigenvalue weighted by Gasteiger charge is -2.29. The fourth-order valence-corrected chi connectivity index (χ4v) is 1.44. The van der Waals surface area contributed by atoms with E-state index < -0.39 is 0 Å². The van der Waals surface area contributed by atoms with Gasteiger partial charge in [0.05, 0.1) is 5.29 Å². The van der Waals surface area contributed by atoms with Crippen molar-refractivity contribution in [2.24, 2.45) is 17.1 Å². The monoisotopic (exact) mass is 156 g/mol. The summed E-state index contributed by atoms with van der Waals surface area (Å²) in [6.07, 6.45) is 0. The van der Waals surface area contributed by atoms with Gasteiger partial charge in [0.2, 0.25) is 0 Å². The van der Waals surface area contributed by atoms with Crippen molar-refractivity contribution >= 4 is 5.78 Å². The van der Waals surface area contributed by atoms with Gasteiger partial charge in [0.1, 0.15) is 5.78 Å². The van der Waals surface area contributed by atoms with Crippen molar-refractivity contribution in [1.29, 1.82) is 0 Å². The molecule has 0 aliphatic carbocycles. The molecule has 1 rings (SSSR count). The minimum absolute atomic E-state index is 0.0450. The molecule has 11 heavy (non-hydrogen) atoms. The zero-order chi connectivity index (χ0) is 8.43. The highest BCUT2D eigenvalue weighted by Gasteiger charge is 2.29. The quantitative estimate of drug-likeness (QED) is 0.528. The van der Waals surface area contributed by atoms with Gasteiger partial charge in [-0.25, -0.2) is 0 Å². The lowest BCUT2D eigenvalue weighted by atomic mass is 9.91. The SMILES string of the molecule is CC1CN(N=O)CC(C)C1=O. The summed E-state index contributed by atoms with van der Waals surface area (Å²) < 4.78 is 0. The summed E-state index contributed by atoms with van der Waals surface area (Å²) in [5, 5.41) is 4.23. The van der Waals surface area contributed by atoms with Gasteiger partial charge in [-0.1, -0.05) is 13.8 Å². The highest BCUT2D eigenvalue weighted by atomic mass is 16.3. The van der Waals surface area contributed by atoms with Gasteiger partial charge < -0.3 is 0 Å². The van der Waals surface area contributed by atoms with E-state index in [4.69, 9.17) is 0 Å². The highest BCUT2D eigenvalue weighted by molar-refractivity contribution is 5.83. The Kier molecular flexibility index (Phi) is 2.22. The normalized spacial score (nSPS) is 32.2. The maximum absolute atomic E-state index is 11.2. The Hall–Kier alpha value is -0.930. The number of nitroso groups, excluding NO2 is 1. The second-order valence-corrected chi connectivity index (χ2v) is 3.16. The molecule has 0 spiro atoms. The number of piperidine rings is 1. The number of ketones is 1. The Balaban J connectivity index is 2.61. The van der Waals surface area contributed by atoms with Crippen LogP contribution < -0.4 is 0 Å². The molecule has 0 aromatic rings. The van der Waals surface area contributed by atoms with E-state index in [9.17, 15) is 9.70 Å². The number of nitrogens with zero attached hydrogens (tertiary/aromatic N) is 2. The Morgan fingerprint density at radius 3 is 2.18 bits per heavy atom. The second kappa shape index (κ2) is 2.98. The number of carbonyl (C=O) groups excluding carboxylic acids is 1. The van der Waals surface area contributed by atoms with E-state index >= 15 is 0 Å². The van der Waals surface area contributed by atoms with Gasteiger partial charge >= 0.3 is 0 Å². The first-order valence-electron chi connectivity index (χ1n) is 3.77. The fourth-order valence-electron chi connectivity index (χ4n) is 1.44. The average Bonchev–Trinajstić information content (AvgIpc) is 1.99. The minimum Gasteiger partial charge on any atom is -0.299 e. The lowest BCUT2D eigenvalue weighted by Crippen LogP contribution is -2.41. The third kappa shape index (κ3) is 1.56. The summed E-state index contributed by atoms with van der Waals surface area (Å²) in [7, 11) is 0. The molecule has 0 saturated carbocycles. The van der Waals surface area contributed by atoms with Gasteiger partial charge in [-0.05, 0) is 0 Å². The van der Waals surface area contributed by atoms with Gasteiger partial charge in [0.15, 0.2) is 0 Å². The molecule has 2 unspecified atom stereocenters. The molecular formula is C7H12N2O2. The summed E-state index contributed by atoms with van der Waals surface area (Å²) in [5.41, 5.74) is 0. The molecule has 1 aliphatic heterocycles. The molecule has 0 radical (unpaired) electrons. The molecule has 0 bridgehead atoms. The predicted molar refractivity (Wildman–Crippen MR) is 40.7 cm³/mol. The molecule has 0 aromatic heterocycles. The molecule has 1 heterocycles. The van der Waals surface area contributed by atoms with Crippen LogP contribution in [-0.2, 0) is 4.79 Å². The van der Waals surface area contributed by atoms with Crippen molar-refractivity contribution < 1.29 is 4.79 Å². The Morgan fingerprint density at radius 1 is 1.36 bits per heavy atom. The standard InChI is InChI=1S/C7H12N2O2/c1-5-3-9(8-11)4-6(2)7(5)10/h5-6H,3-4H2,1-2H3. The van der Waals surface area contributed by atoms with Crippen LogP contribution in [0.15, 0.2) is 5.29 Å². The van der Waals surface area contributed by atoms with Crippen LogP contribution in [0.4, 0.5) is 0 Å². The molecule has 0 N–H and O–H groups in total. The molecule has 4 heteroatoms. The van der Waals surface area contributed by atoms with E-state index in [2.05, 4.69) is 5.29 Å². The van der Waals surface area contributed by atoms with E-state index in [-0.39, 0.29) is 17.6 Å². The third-order valence-corrected chi connectivity index (χ3v) is 2.06. The van der Waals surface area contributed by atoms with Crippen molar-refractivity contribution in [2.75, 3.05) is 13.1 Å². The zero-order valence-corrected chi connectivity index (χ0v) is 6.78. The van der Waals surface area contributed by atoms with Crippen LogP contribution >= 0.6 is 0 Å². The number of Topliss-reactive ketones (excluding diaryl/α,β-unsaturated/α-hetero) is 1. The van der Waals surface area contributed by atoms with E-state index in [0.717, 1.165) is 0 Å². The minimum atomic E-state index is -0.0450. The predicted octanol–water partition coefficient (Wildman–Crippen LogP) is 0.825. The number of hydrogen-bond acceptors (Lipinski definition) is 3. The number of carbonyl (C=O) groups is 1. The number of hydrogen-bond donors (Lipinski definition) is 0. The largest absolute Gasteiger partial charge is 0.299 e. The summed E-state index contributed by atoms with van der Waals surface area (Å²) in [5.74, 6) is 0.151. The van der Waals surface area contributed by atoms with Crippen LogP contribution in [-0.4, -0.2) is 23.9 Å². The lowest BCUT2D eigenvalue weighted by molar-refractivity contribution is -0.130. The first kappa shape index (κ1) is 8.17. The molecule has 62 valence electrons. The van der Waals surface area contributed by atoms with E-state index in [1.54, 1.807) is 0 Å². The van der Waals surface area contributed by atoms with Crippen LogP contribution in [0.25, 0.3) is 0 Å². The van der Waals surface area contributed by atoms with Gasteiger partial charge in [-0.2, -0.15) is 0 Å². The van der Waals surface area contributed by atoms with E-state index in [1.165, 1.54) is 5.01 Å². The van der Waals surface area contributed by atoms with Crippen LogP contribution in [0.2, 0.25) is 0 Å². The van der Waals surface area contributed by atoms with Crippen molar-refractivity contribution in [3.8, 4) is 0 Å². The molecule has 1 aliphatic rings. The van der Waals surface area contributed by atoms with E-state index in [1.807, 2.05) is 13.8 Å². The molecule has 1 fully saturated rings. The third-order valence-electron chi connectivity index (χ3n) is 2.06. The maximum Gasteiger partial charge on any atom is 0.142 e. The van der Waals surface area contributed by atoms with Crippen molar-refractivity contribution in [3.05, 3.63) is 4.91 Å². The summed E-state index contributed by atoms with van der Waals surface area (Å²) in [4.78, 5) is 21.3. The summed E-state index contributed by atoms with van der Waals surface area (Å²) >= 11 is 0. The maximum atomic E-state index is 11.2. The van der Waals surface area contributed by atoms with Crippen LogP contribution in [0, 0.1) is 16.7 Å². The topological polar surface area (TPSA) is 49.7 Å². The molecule has 4 nitrogen and oxygen atoms in total. The summed E-state index contributed by atoms with van der Waals surface area (Å²) in [6, 6.07) is 0. The van der Waals surface area contributed by atoms with E-state index in [0.29, 0.717) is 13.1 Å². The van der Waals surface area contributed by atoms with Crippen molar-refractivity contribution in [2.45, 2.75) is 13.8 Å². The molecule has 1 saturated heterocycles. The fraction of sp³-hybridized carbons (Fsp3) is 0.857. The Labute approximate surface area is 65.5 Å². The van der Waals surface area contributed by atoms with Gasteiger partial charge in [-0.15, -0.1) is 4.91 Å². The highest BCUT2D eigenvalue weighted by Crippen LogP contribution is 2.17. The smallest absolute Gasteiger partial charge is 0.142 e. The van der Waals surface area contributed by atoms with Crippen LogP contribution in [0.3, 0.4) is 0 Å². The van der Waals surface area contributed by atoms with Gasteiger partial charge in [0, 0.05) is 24.9 Å². The molecule has 2 atom stereocenters. The average molecular weight is 156 g/mol. The van der Waals surface area contributed by atoms with Crippen LogP contribution in [0.5, 0.6) is 0 Å². The zero-order valence-electron chi connectivity index (χ0n) is 6.78. The Morgan fingerprint density at radius 2 is 1.82 bits per heavy atom. The molecule has 0 aromatic carbocycles. The van der Waals surface area contributed by atoms with Gasteiger partial charge in [-0.3, -0.25) is 9.80 Å². The van der Waals surface area contributed by atoms with Crippen LogP contribution in [0.1, 0.15) is 13.8 Å². The molecule has 0 amide bonds. The van der Waals surface area contributed by atoms with Crippen molar-refractivity contribution in [1.82, 2.24) is 5.01 Å². The number of rotatable bonds is 1. The summed E-state index contributed by atoms with van der Waals surface area (Å²) in [6.45, 7) is 4.62. The first-order chi connectivity index (χ1) is 5.15.